The molecule has 3 aliphatic carbocycles. The summed E-state index contributed by atoms with van der Waals surface area (Å²) in [6, 6.07) is 1.13. The number of halogens is 6. The van der Waals surface area contributed by atoms with E-state index in [2.05, 4.69) is 12.2 Å². The number of hydrogen-bond donors (Lipinski definition) is 1. The Kier molecular flexibility index (Phi) is 6.15. The van der Waals surface area contributed by atoms with Gasteiger partial charge in [-0.25, -0.2) is 0 Å². The van der Waals surface area contributed by atoms with Gasteiger partial charge >= 0.3 is 18.3 Å². The fourth-order valence-corrected chi connectivity index (χ4v) is 8.27. The van der Waals surface area contributed by atoms with E-state index in [9.17, 15) is 35.9 Å². The first-order valence-electron chi connectivity index (χ1n) is 12.9. The van der Waals surface area contributed by atoms with Crippen molar-refractivity contribution in [1.29, 1.82) is 0 Å². The van der Waals surface area contributed by atoms with Crippen molar-refractivity contribution in [3.05, 3.63) is 29.3 Å². The predicted octanol–water partition coefficient (Wildman–Crippen LogP) is 7.23. The first-order chi connectivity index (χ1) is 17.1. The summed E-state index contributed by atoms with van der Waals surface area (Å²) in [4.78, 5) is 25.3. The highest BCUT2D eigenvalue weighted by molar-refractivity contribution is 5.94. The standard InChI is InChI=1S/C27H31F6NO3/c1-24-11-9-17-15(4-8-21-25(17,2)12-10-22(35)37-21)16(24)6-7-19(24)23(36)34-20-13-14(26(28,29)30)3-5-18(20)27(31,32)33/h3,5,13,15-17,19,21H,4,6-12H2,1-2H3,(H,34,36). The normalized spacial score (nSPS) is 37.7. The molecule has 1 heterocycles. The number of nitrogens with one attached hydrogen (secondary N) is 1. The zero-order valence-corrected chi connectivity index (χ0v) is 20.8. The van der Waals surface area contributed by atoms with Gasteiger partial charge in [0.05, 0.1) is 16.8 Å². The van der Waals surface area contributed by atoms with Crippen LogP contribution in [0, 0.1) is 34.5 Å². The summed E-state index contributed by atoms with van der Waals surface area (Å²) < 4.78 is 86.1. The van der Waals surface area contributed by atoms with Crippen molar-refractivity contribution >= 4 is 17.6 Å². The summed E-state index contributed by atoms with van der Waals surface area (Å²) in [6.45, 7) is 4.20. The van der Waals surface area contributed by atoms with E-state index in [-0.39, 0.29) is 23.4 Å². The number of benzene rings is 1. The molecule has 0 bridgehead atoms. The highest BCUT2D eigenvalue weighted by Gasteiger charge is 2.62. The van der Waals surface area contributed by atoms with E-state index in [4.69, 9.17) is 4.74 Å². The smallest absolute Gasteiger partial charge is 0.418 e. The number of fused-ring (bicyclic) bond motifs is 5. The highest BCUT2D eigenvalue weighted by atomic mass is 19.4. The molecule has 5 rings (SSSR count). The number of alkyl halides is 6. The Labute approximate surface area is 211 Å². The van der Waals surface area contributed by atoms with Gasteiger partial charge in [0.1, 0.15) is 6.10 Å². The van der Waals surface area contributed by atoms with Gasteiger partial charge in [-0.15, -0.1) is 0 Å². The summed E-state index contributed by atoms with van der Waals surface area (Å²) in [5.41, 5.74) is -3.98. The summed E-state index contributed by atoms with van der Waals surface area (Å²) in [5.74, 6) is -0.579. The maximum Gasteiger partial charge on any atom is 0.418 e. The molecular weight excluding hydrogens is 500 g/mol. The molecule has 4 fully saturated rings. The molecule has 1 N–H and O–H groups in total. The maximum atomic E-state index is 13.6. The van der Waals surface area contributed by atoms with Crippen LogP contribution in [0.4, 0.5) is 32.0 Å². The fourth-order valence-electron chi connectivity index (χ4n) is 8.27. The third-order valence-corrected chi connectivity index (χ3v) is 10.2. The van der Waals surface area contributed by atoms with Crippen LogP contribution in [0.2, 0.25) is 0 Å². The SMILES string of the molecule is CC12CCC(=O)OC1CCC1C2CCC2(C)C(C(=O)Nc3cc(C(F)(F)F)ccc3C(F)(F)F)CCC12. The Hall–Kier alpha value is -2.26. The number of hydrogen-bond acceptors (Lipinski definition) is 3. The summed E-state index contributed by atoms with van der Waals surface area (Å²) in [6.07, 6.45) is -4.35. The van der Waals surface area contributed by atoms with Crippen LogP contribution in [0.5, 0.6) is 0 Å². The van der Waals surface area contributed by atoms with E-state index in [1.807, 2.05) is 6.92 Å². The zero-order valence-electron chi connectivity index (χ0n) is 20.8. The summed E-state index contributed by atoms with van der Waals surface area (Å²) >= 11 is 0. The van der Waals surface area contributed by atoms with E-state index >= 15 is 0 Å². The van der Waals surface area contributed by atoms with Crippen molar-refractivity contribution in [2.24, 2.45) is 34.5 Å². The van der Waals surface area contributed by atoms with Crippen molar-refractivity contribution in [3.8, 4) is 0 Å². The van der Waals surface area contributed by atoms with Crippen LogP contribution >= 0.6 is 0 Å². The Morgan fingerprint density at radius 2 is 1.62 bits per heavy atom. The Balaban J connectivity index is 1.39. The second-order valence-electron chi connectivity index (χ2n) is 11.9. The second-order valence-corrected chi connectivity index (χ2v) is 11.9. The number of carbonyl (C=O) groups excluding carboxylic acids is 2. The quantitative estimate of drug-likeness (QED) is 0.324. The molecule has 1 aromatic carbocycles. The van der Waals surface area contributed by atoms with E-state index < -0.39 is 46.4 Å². The number of amides is 1. The van der Waals surface area contributed by atoms with Crippen LogP contribution in [-0.4, -0.2) is 18.0 Å². The molecule has 0 radical (unpaired) electrons. The van der Waals surface area contributed by atoms with Crippen LogP contribution in [0.15, 0.2) is 18.2 Å². The Morgan fingerprint density at radius 1 is 0.919 bits per heavy atom. The van der Waals surface area contributed by atoms with E-state index in [0.717, 1.165) is 32.1 Å². The maximum absolute atomic E-state index is 13.6. The van der Waals surface area contributed by atoms with Gasteiger partial charge in [0.25, 0.3) is 0 Å². The largest absolute Gasteiger partial charge is 0.462 e. The fraction of sp³-hybridized carbons (Fsp3) is 0.704. The molecular formula is C27H31F6NO3. The summed E-state index contributed by atoms with van der Waals surface area (Å²) in [7, 11) is 0. The monoisotopic (exact) mass is 531 g/mol. The lowest BCUT2D eigenvalue weighted by atomic mass is 9.47. The van der Waals surface area contributed by atoms with Crippen molar-refractivity contribution in [2.45, 2.75) is 83.7 Å². The minimum atomic E-state index is -4.91. The van der Waals surface area contributed by atoms with Crippen LogP contribution < -0.4 is 5.32 Å². The van der Waals surface area contributed by atoms with E-state index in [1.54, 1.807) is 0 Å². The molecule has 3 saturated carbocycles. The van der Waals surface area contributed by atoms with Gasteiger partial charge in [0.15, 0.2) is 0 Å². The molecule has 7 unspecified atom stereocenters. The number of esters is 1. The molecule has 1 amide bonds. The molecule has 4 nitrogen and oxygen atoms in total. The third-order valence-electron chi connectivity index (χ3n) is 10.2. The van der Waals surface area contributed by atoms with Crippen molar-refractivity contribution in [2.75, 3.05) is 5.32 Å². The number of rotatable bonds is 2. The van der Waals surface area contributed by atoms with Crippen LogP contribution in [0.1, 0.15) is 76.3 Å². The molecule has 1 saturated heterocycles. The Morgan fingerprint density at radius 3 is 2.30 bits per heavy atom. The van der Waals surface area contributed by atoms with E-state index in [0.29, 0.717) is 49.3 Å². The number of ether oxygens (including phenoxy) is 1. The van der Waals surface area contributed by atoms with E-state index in [1.165, 1.54) is 0 Å². The Bertz CT molecular complexity index is 1100. The third kappa shape index (κ3) is 4.32. The number of carbonyl (C=O) groups is 2. The molecule has 4 aliphatic rings. The first kappa shape index (κ1) is 26.4. The molecule has 10 heteroatoms. The predicted molar refractivity (Wildman–Crippen MR) is 122 cm³/mol. The first-order valence-corrected chi connectivity index (χ1v) is 12.9. The van der Waals surface area contributed by atoms with Gasteiger partial charge in [-0.1, -0.05) is 13.8 Å². The topological polar surface area (TPSA) is 55.4 Å². The van der Waals surface area contributed by atoms with Crippen molar-refractivity contribution in [1.82, 2.24) is 0 Å². The zero-order chi connectivity index (χ0) is 27.0. The van der Waals surface area contributed by atoms with Gasteiger partial charge in [-0.2, -0.15) is 26.3 Å². The van der Waals surface area contributed by atoms with Crippen LogP contribution in [0.3, 0.4) is 0 Å². The van der Waals surface area contributed by atoms with Gasteiger partial charge < -0.3 is 10.1 Å². The minimum absolute atomic E-state index is 0.110. The summed E-state index contributed by atoms with van der Waals surface area (Å²) in [5, 5.41) is 2.24. The molecule has 1 aliphatic heterocycles. The molecule has 0 aromatic heterocycles. The van der Waals surface area contributed by atoms with Crippen LogP contribution in [0.25, 0.3) is 0 Å². The lowest BCUT2D eigenvalue weighted by molar-refractivity contribution is -0.192. The molecule has 204 valence electrons. The van der Waals surface area contributed by atoms with Gasteiger partial charge in [0, 0.05) is 17.8 Å². The molecule has 7 atom stereocenters. The minimum Gasteiger partial charge on any atom is -0.462 e. The highest BCUT2D eigenvalue weighted by Crippen LogP contribution is 2.66. The van der Waals surface area contributed by atoms with Crippen LogP contribution in [-0.2, 0) is 26.7 Å². The average molecular weight is 532 g/mol. The van der Waals surface area contributed by atoms with Gasteiger partial charge in [-0.3, -0.25) is 9.59 Å². The van der Waals surface area contributed by atoms with Crippen molar-refractivity contribution in [3.63, 3.8) is 0 Å². The van der Waals surface area contributed by atoms with Crippen molar-refractivity contribution < 1.29 is 40.7 Å². The molecule has 37 heavy (non-hydrogen) atoms. The lowest BCUT2D eigenvalue weighted by Gasteiger charge is -2.59. The van der Waals surface area contributed by atoms with Gasteiger partial charge in [-0.05, 0) is 86.3 Å². The van der Waals surface area contributed by atoms with Gasteiger partial charge in [0.2, 0.25) is 5.91 Å². The second kappa shape index (κ2) is 8.63. The molecule has 0 spiro atoms. The average Bonchev–Trinajstić information content (AvgIpc) is 3.15. The number of anilines is 1. The molecule has 1 aromatic rings. The lowest BCUT2D eigenvalue weighted by Crippen LogP contribution is -2.56.